The van der Waals surface area contributed by atoms with Gasteiger partial charge in [-0.1, -0.05) is 36.4 Å². The van der Waals surface area contributed by atoms with E-state index >= 15 is 0 Å². The number of hydrazone groups is 1. The zero-order chi connectivity index (χ0) is 24.7. The van der Waals surface area contributed by atoms with E-state index in [1.165, 1.54) is 18.2 Å². The van der Waals surface area contributed by atoms with Crippen LogP contribution >= 0.6 is 0 Å². The lowest BCUT2D eigenvalue weighted by Gasteiger charge is -2.21. The average molecular weight is 483 g/mol. The lowest BCUT2D eigenvalue weighted by atomic mass is 10.1. The molecule has 34 heavy (non-hydrogen) atoms. The highest BCUT2D eigenvalue weighted by molar-refractivity contribution is 7.92. The lowest BCUT2D eigenvalue weighted by molar-refractivity contribution is -0.119. The summed E-state index contributed by atoms with van der Waals surface area (Å²) in [4.78, 5) is 24.7. The summed E-state index contributed by atoms with van der Waals surface area (Å²) in [5.74, 6) is -1.60. The number of sulfonamides is 1. The van der Waals surface area contributed by atoms with Crippen molar-refractivity contribution in [2.45, 2.75) is 6.92 Å². The summed E-state index contributed by atoms with van der Waals surface area (Å²) in [7, 11) is -3.84. The molecule has 0 saturated carbocycles. The molecule has 0 aliphatic heterocycles. The molecule has 0 radical (unpaired) electrons. The molecule has 0 spiro atoms. The van der Waals surface area contributed by atoms with Crippen molar-refractivity contribution < 1.29 is 22.4 Å². The van der Waals surface area contributed by atoms with Gasteiger partial charge in [-0.15, -0.1) is 0 Å². The van der Waals surface area contributed by atoms with Gasteiger partial charge in [0.2, 0.25) is 10.0 Å². The van der Waals surface area contributed by atoms with Gasteiger partial charge in [0.15, 0.2) is 0 Å². The van der Waals surface area contributed by atoms with Gasteiger partial charge in [0.05, 0.1) is 17.7 Å². The second-order valence-corrected chi connectivity index (χ2v) is 9.29. The molecule has 8 nitrogen and oxygen atoms in total. The van der Waals surface area contributed by atoms with Gasteiger partial charge in [-0.2, -0.15) is 5.10 Å². The number of nitrogens with zero attached hydrogens (tertiary/aromatic N) is 2. The molecule has 0 fully saturated rings. The molecule has 0 saturated heterocycles. The van der Waals surface area contributed by atoms with E-state index < -0.39 is 28.3 Å². The molecule has 0 atom stereocenters. The Morgan fingerprint density at radius 2 is 1.62 bits per heavy atom. The van der Waals surface area contributed by atoms with Gasteiger partial charge in [-0.05, 0) is 55.0 Å². The van der Waals surface area contributed by atoms with Crippen molar-refractivity contribution in [3.8, 4) is 0 Å². The van der Waals surface area contributed by atoms with Gasteiger partial charge in [0.25, 0.3) is 11.8 Å². The van der Waals surface area contributed by atoms with E-state index in [4.69, 9.17) is 0 Å². The lowest BCUT2D eigenvalue weighted by Crippen LogP contribution is -2.39. The number of halogens is 1. The van der Waals surface area contributed by atoms with Crippen LogP contribution in [0.25, 0.3) is 0 Å². The normalized spacial score (nSPS) is 11.6. The Labute approximate surface area is 197 Å². The molecular formula is C24H23FN4O4S. The highest BCUT2D eigenvalue weighted by atomic mass is 32.2. The molecule has 0 aliphatic rings. The molecule has 0 unspecified atom stereocenters. The van der Waals surface area contributed by atoms with Gasteiger partial charge in [0, 0.05) is 11.3 Å². The Hall–Kier alpha value is -4.05. The van der Waals surface area contributed by atoms with E-state index in [1.54, 1.807) is 55.5 Å². The van der Waals surface area contributed by atoms with E-state index in [1.807, 2.05) is 6.07 Å². The van der Waals surface area contributed by atoms with Crippen LogP contribution in [0.5, 0.6) is 0 Å². The SMILES string of the molecule is C/C(=N\NC(=O)CN(c1cccc(F)c1)S(C)(=O)=O)c1cccc(NC(=O)c2ccccc2)c1. The number of hydrogen-bond donors (Lipinski definition) is 2. The molecule has 3 aromatic rings. The quantitative estimate of drug-likeness (QED) is 0.379. The average Bonchev–Trinajstić information content (AvgIpc) is 2.81. The summed E-state index contributed by atoms with van der Waals surface area (Å²) < 4.78 is 38.6. The van der Waals surface area contributed by atoms with E-state index in [0.717, 1.165) is 16.6 Å². The fourth-order valence-electron chi connectivity index (χ4n) is 3.02. The maximum absolute atomic E-state index is 13.5. The van der Waals surface area contributed by atoms with Crippen LogP contribution in [0.1, 0.15) is 22.8 Å². The maximum Gasteiger partial charge on any atom is 0.260 e. The van der Waals surface area contributed by atoms with Crippen LogP contribution in [0, 0.1) is 5.82 Å². The summed E-state index contributed by atoms with van der Waals surface area (Å²) in [6.45, 7) is 1.07. The number of nitrogens with one attached hydrogen (secondary N) is 2. The number of carbonyl (C=O) groups excluding carboxylic acids is 2. The third-order valence-corrected chi connectivity index (χ3v) is 5.85. The molecule has 0 aliphatic carbocycles. The number of benzene rings is 3. The Kier molecular flexibility index (Phi) is 7.75. The summed E-state index contributed by atoms with van der Waals surface area (Å²) in [6.07, 6.45) is 0.926. The first kappa shape index (κ1) is 24.6. The smallest absolute Gasteiger partial charge is 0.260 e. The second kappa shape index (κ2) is 10.7. The van der Waals surface area contributed by atoms with Crippen LogP contribution in [0.15, 0.2) is 84.0 Å². The minimum absolute atomic E-state index is 0.0280. The third-order valence-electron chi connectivity index (χ3n) is 4.71. The maximum atomic E-state index is 13.5. The van der Waals surface area contributed by atoms with Crippen molar-refractivity contribution in [3.05, 3.63) is 95.8 Å². The van der Waals surface area contributed by atoms with Crippen molar-refractivity contribution in [3.63, 3.8) is 0 Å². The van der Waals surface area contributed by atoms with Crippen LogP contribution in [0.4, 0.5) is 15.8 Å². The predicted octanol–water partition coefficient (Wildman–Crippen LogP) is 3.38. The Morgan fingerprint density at radius 3 is 2.29 bits per heavy atom. The third kappa shape index (κ3) is 6.72. The van der Waals surface area contributed by atoms with E-state index in [2.05, 4.69) is 15.8 Å². The molecule has 3 aromatic carbocycles. The number of carbonyl (C=O) groups is 2. The fourth-order valence-corrected chi connectivity index (χ4v) is 3.87. The largest absolute Gasteiger partial charge is 0.322 e. The van der Waals surface area contributed by atoms with E-state index in [9.17, 15) is 22.4 Å². The topological polar surface area (TPSA) is 108 Å². The molecule has 2 N–H and O–H groups in total. The molecule has 0 heterocycles. The molecule has 3 rings (SSSR count). The number of amides is 2. The van der Waals surface area contributed by atoms with Crippen LogP contribution in [-0.4, -0.2) is 38.7 Å². The first-order valence-electron chi connectivity index (χ1n) is 10.2. The summed E-state index contributed by atoms with van der Waals surface area (Å²) in [6, 6.07) is 20.6. The molecule has 0 bridgehead atoms. The van der Waals surface area contributed by atoms with Crippen molar-refractivity contribution in [1.82, 2.24) is 5.43 Å². The fraction of sp³-hybridized carbons (Fsp3) is 0.125. The summed E-state index contributed by atoms with van der Waals surface area (Å²) >= 11 is 0. The first-order valence-corrected chi connectivity index (χ1v) is 12.0. The van der Waals surface area contributed by atoms with Gasteiger partial charge in [-0.3, -0.25) is 13.9 Å². The minimum Gasteiger partial charge on any atom is -0.322 e. The number of rotatable bonds is 8. The highest BCUT2D eigenvalue weighted by Crippen LogP contribution is 2.18. The molecule has 10 heteroatoms. The van der Waals surface area contributed by atoms with Gasteiger partial charge in [0.1, 0.15) is 12.4 Å². The Balaban J connectivity index is 1.68. The summed E-state index contributed by atoms with van der Waals surface area (Å²) in [5, 5.41) is 6.83. The minimum atomic E-state index is -3.84. The Morgan fingerprint density at radius 1 is 0.941 bits per heavy atom. The number of hydrogen-bond acceptors (Lipinski definition) is 5. The van der Waals surface area contributed by atoms with Crippen molar-refractivity contribution in [1.29, 1.82) is 0 Å². The zero-order valence-corrected chi connectivity index (χ0v) is 19.3. The molecule has 176 valence electrons. The predicted molar refractivity (Wildman–Crippen MR) is 130 cm³/mol. The van der Waals surface area contributed by atoms with Crippen LogP contribution in [0.3, 0.4) is 0 Å². The standard InChI is InChI=1S/C24H23FN4O4S/c1-17(19-10-6-12-21(14-19)26-24(31)18-8-4-3-5-9-18)27-28-23(30)16-29(34(2,32)33)22-13-7-11-20(25)15-22/h3-15H,16H2,1-2H3,(H,26,31)(H,28,30)/b27-17+. The first-order chi connectivity index (χ1) is 16.1. The summed E-state index contributed by atoms with van der Waals surface area (Å²) in [5.41, 5.74) is 4.47. The van der Waals surface area contributed by atoms with Crippen LogP contribution < -0.4 is 15.0 Å². The van der Waals surface area contributed by atoms with Crippen molar-refractivity contribution >= 4 is 38.9 Å². The van der Waals surface area contributed by atoms with Crippen molar-refractivity contribution in [2.24, 2.45) is 5.10 Å². The highest BCUT2D eigenvalue weighted by Gasteiger charge is 2.21. The zero-order valence-electron chi connectivity index (χ0n) is 18.5. The van der Waals surface area contributed by atoms with E-state index in [0.29, 0.717) is 22.5 Å². The van der Waals surface area contributed by atoms with Gasteiger partial charge in [-0.25, -0.2) is 18.2 Å². The molecule has 0 aromatic heterocycles. The monoisotopic (exact) mass is 482 g/mol. The van der Waals surface area contributed by atoms with Crippen LogP contribution in [-0.2, 0) is 14.8 Å². The molecule has 2 amide bonds. The van der Waals surface area contributed by atoms with Crippen LogP contribution in [0.2, 0.25) is 0 Å². The van der Waals surface area contributed by atoms with Gasteiger partial charge >= 0.3 is 0 Å². The second-order valence-electron chi connectivity index (χ2n) is 7.38. The van der Waals surface area contributed by atoms with E-state index in [-0.39, 0.29) is 11.6 Å². The van der Waals surface area contributed by atoms with Gasteiger partial charge < -0.3 is 5.32 Å². The Bertz CT molecular complexity index is 1330. The number of anilines is 2. The molecular weight excluding hydrogens is 459 g/mol. The van der Waals surface area contributed by atoms with Crippen molar-refractivity contribution in [2.75, 3.05) is 22.4 Å².